The Bertz CT molecular complexity index is 411. The molecule has 0 bridgehead atoms. The molecule has 0 amide bonds. The molecule has 0 spiro atoms. The summed E-state index contributed by atoms with van der Waals surface area (Å²) in [5, 5.41) is 3.42. The Morgan fingerprint density at radius 3 is 3.00 bits per heavy atom. The van der Waals surface area contributed by atoms with E-state index >= 15 is 0 Å². The van der Waals surface area contributed by atoms with Crippen molar-refractivity contribution < 1.29 is 0 Å². The summed E-state index contributed by atoms with van der Waals surface area (Å²) in [5.74, 6) is 1.02. The van der Waals surface area contributed by atoms with Gasteiger partial charge >= 0.3 is 0 Å². The summed E-state index contributed by atoms with van der Waals surface area (Å²) in [6, 6.07) is 0. The minimum Gasteiger partial charge on any atom is -0.383 e. The number of hydrogen-bond donors (Lipinski definition) is 2. The number of nitrogens with two attached hydrogens (primary N) is 1. The van der Waals surface area contributed by atoms with Crippen molar-refractivity contribution in [2.75, 3.05) is 11.1 Å². The Morgan fingerprint density at radius 2 is 2.23 bits per heavy atom. The molecule has 2 rings (SSSR count). The second-order valence-electron chi connectivity index (χ2n) is 2.60. The first-order valence-electron chi connectivity index (χ1n) is 3.62. The number of nitrogen functional groups attached to an aromatic ring is 1. The minimum atomic E-state index is 0.383. The second kappa shape index (κ2) is 2.74. The molecule has 3 N–H and O–H groups in total. The monoisotopic (exact) mass is 194 g/mol. The van der Waals surface area contributed by atoms with Crippen molar-refractivity contribution in [3.05, 3.63) is 29.7 Å². The normalized spacial score (nSPS) is 14.5. The molecule has 0 aliphatic carbocycles. The Hall–Kier alpha value is -1.55. The largest absolute Gasteiger partial charge is 0.383 e. The van der Waals surface area contributed by atoms with E-state index in [1.807, 2.05) is 0 Å². The van der Waals surface area contributed by atoms with E-state index in [2.05, 4.69) is 21.9 Å². The lowest BCUT2D eigenvalue weighted by Crippen LogP contribution is -2.08. The third kappa shape index (κ3) is 1.15. The molecule has 0 fully saturated rings. The van der Waals surface area contributed by atoms with Crippen LogP contribution in [0.25, 0.3) is 5.57 Å². The van der Waals surface area contributed by atoms with Crippen LogP contribution in [-0.4, -0.2) is 9.97 Å². The highest BCUT2D eigenvalue weighted by Gasteiger charge is 2.17. The molecule has 13 heavy (non-hydrogen) atoms. The van der Waals surface area contributed by atoms with Crippen LogP contribution in [0.15, 0.2) is 24.1 Å². The molecule has 2 heterocycles. The molecular weight excluding hydrogens is 188 g/mol. The highest BCUT2D eigenvalue weighted by Crippen LogP contribution is 2.35. The van der Waals surface area contributed by atoms with E-state index in [-0.39, 0.29) is 0 Å². The van der Waals surface area contributed by atoms with Gasteiger partial charge in [-0.3, -0.25) is 0 Å². The van der Waals surface area contributed by atoms with Crippen molar-refractivity contribution in [2.45, 2.75) is 0 Å². The van der Waals surface area contributed by atoms with Crippen LogP contribution < -0.4 is 11.1 Å². The highest BCUT2D eigenvalue weighted by atomic mass is 35.5. The predicted molar refractivity (Wildman–Crippen MR) is 53.0 cm³/mol. The van der Waals surface area contributed by atoms with Crippen LogP contribution in [0.5, 0.6) is 0 Å². The molecule has 0 saturated carbocycles. The molecule has 0 saturated heterocycles. The Labute approximate surface area is 80.1 Å². The van der Waals surface area contributed by atoms with Crippen LogP contribution in [0, 0.1) is 0 Å². The molecule has 1 aliphatic rings. The van der Waals surface area contributed by atoms with Crippen LogP contribution in [0.4, 0.5) is 11.6 Å². The Kier molecular flexibility index (Phi) is 1.70. The topological polar surface area (TPSA) is 63.8 Å². The van der Waals surface area contributed by atoms with Gasteiger partial charge in [0, 0.05) is 11.8 Å². The third-order valence-corrected chi connectivity index (χ3v) is 2.14. The van der Waals surface area contributed by atoms with Crippen molar-refractivity contribution in [1.29, 1.82) is 0 Å². The molecule has 0 aromatic carbocycles. The molecule has 0 atom stereocenters. The number of fused-ring (bicyclic) bond motifs is 1. The Morgan fingerprint density at radius 1 is 1.46 bits per heavy atom. The first kappa shape index (κ1) is 8.07. The van der Waals surface area contributed by atoms with Crippen LogP contribution in [0.3, 0.4) is 0 Å². The fourth-order valence-corrected chi connectivity index (χ4v) is 1.29. The summed E-state index contributed by atoms with van der Waals surface area (Å²) in [6.07, 6.45) is 3.01. The molecule has 5 heteroatoms. The lowest BCUT2D eigenvalue weighted by molar-refractivity contribution is 1.16. The molecule has 4 nitrogen and oxygen atoms in total. The molecule has 1 aromatic rings. The summed E-state index contributed by atoms with van der Waals surface area (Å²) in [6.45, 7) is 3.80. The van der Waals surface area contributed by atoms with Crippen molar-refractivity contribution in [1.82, 2.24) is 9.97 Å². The van der Waals surface area contributed by atoms with Crippen molar-refractivity contribution in [3.63, 3.8) is 0 Å². The quantitative estimate of drug-likeness (QED) is 0.658. The number of hydrogen-bond acceptors (Lipinski definition) is 4. The van der Waals surface area contributed by atoms with E-state index < -0.39 is 0 Å². The zero-order chi connectivity index (χ0) is 9.42. The number of anilines is 2. The van der Waals surface area contributed by atoms with Gasteiger partial charge in [0.2, 0.25) is 0 Å². The molecule has 0 radical (unpaired) electrons. The fourth-order valence-electron chi connectivity index (χ4n) is 1.14. The van der Waals surface area contributed by atoms with Crippen LogP contribution in [-0.2, 0) is 0 Å². The van der Waals surface area contributed by atoms with Crippen LogP contribution >= 0.6 is 11.6 Å². The number of aromatic nitrogens is 2. The van der Waals surface area contributed by atoms with Gasteiger partial charge in [0.05, 0.1) is 10.6 Å². The van der Waals surface area contributed by atoms with Gasteiger partial charge in [0.15, 0.2) is 0 Å². The third-order valence-electron chi connectivity index (χ3n) is 1.80. The minimum absolute atomic E-state index is 0.383. The lowest BCUT2D eigenvalue weighted by Gasteiger charge is -2.16. The molecule has 1 aromatic heterocycles. The standard InChI is InChI=1S/C8H7ClN4/c1-4-5(9)2-11-8-6(4)7(10)12-3-13-8/h2-3H,1H2,(H3,10,11,12,13). The van der Waals surface area contributed by atoms with Gasteiger partial charge in [-0.05, 0) is 0 Å². The first-order valence-corrected chi connectivity index (χ1v) is 4.00. The van der Waals surface area contributed by atoms with E-state index in [4.69, 9.17) is 17.3 Å². The molecule has 66 valence electrons. The lowest BCUT2D eigenvalue weighted by atomic mass is 10.1. The smallest absolute Gasteiger partial charge is 0.143 e. The molecule has 0 unspecified atom stereocenters. The van der Waals surface area contributed by atoms with Gasteiger partial charge < -0.3 is 11.1 Å². The zero-order valence-electron chi connectivity index (χ0n) is 6.71. The maximum absolute atomic E-state index is 5.85. The van der Waals surface area contributed by atoms with Gasteiger partial charge in [-0.1, -0.05) is 18.2 Å². The van der Waals surface area contributed by atoms with Gasteiger partial charge in [-0.25, -0.2) is 9.97 Å². The van der Waals surface area contributed by atoms with Gasteiger partial charge in [-0.15, -0.1) is 0 Å². The summed E-state index contributed by atoms with van der Waals surface area (Å²) >= 11 is 5.85. The summed E-state index contributed by atoms with van der Waals surface area (Å²) in [4.78, 5) is 7.86. The summed E-state index contributed by atoms with van der Waals surface area (Å²) in [5.41, 5.74) is 6.98. The average molecular weight is 195 g/mol. The van der Waals surface area contributed by atoms with Crippen LogP contribution in [0.2, 0.25) is 0 Å². The fraction of sp³-hybridized carbons (Fsp3) is 0. The van der Waals surface area contributed by atoms with Crippen molar-refractivity contribution in [2.24, 2.45) is 0 Å². The maximum Gasteiger partial charge on any atom is 0.143 e. The Balaban J connectivity index is 2.64. The van der Waals surface area contributed by atoms with Gasteiger partial charge in [-0.2, -0.15) is 0 Å². The highest BCUT2D eigenvalue weighted by molar-refractivity contribution is 6.37. The second-order valence-corrected chi connectivity index (χ2v) is 3.00. The van der Waals surface area contributed by atoms with Crippen molar-refractivity contribution >= 4 is 28.8 Å². The maximum atomic E-state index is 5.85. The number of halogens is 1. The molecular formula is C8H7ClN4. The molecule has 1 aliphatic heterocycles. The number of rotatable bonds is 0. The number of nitrogens with one attached hydrogen (secondary N) is 1. The van der Waals surface area contributed by atoms with E-state index in [0.717, 1.165) is 0 Å². The van der Waals surface area contributed by atoms with Gasteiger partial charge in [0.1, 0.15) is 18.0 Å². The van der Waals surface area contributed by atoms with Crippen LogP contribution in [0.1, 0.15) is 5.56 Å². The van der Waals surface area contributed by atoms with Gasteiger partial charge in [0.25, 0.3) is 0 Å². The van der Waals surface area contributed by atoms with E-state index in [0.29, 0.717) is 27.8 Å². The summed E-state index contributed by atoms with van der Waals surface area (Å²) < 4.78 is 0. The average Bonchev–Trinajstić information content (AvgIpc) is 2.12. The van der Waals surface area contributed by atoms with Crippen molar-refractivity contribution in [3.8, 4) is 0 Å². The summed E-state index contributed by atoms with van der Waals surface area (Å²) in [7, 11) is 0. The van der Waals surface area contributed by atoms with E-state index in [1.54, 1.807) is 6.20 Å². The SMILES string of the molecule is C=C1C(Cl)=CNc2ncnc(N)c21. The predicted octanol–water partition coefficient (Wildman–Crippen LogP) is 1.58. The number of allylic oxidation sites excluding steroid dienone is 2. The zero-order valence-corrected chi connectivity index (χ0v) is 7.47. The first-order chi connectivity index (χ1) is 6.20. The van der Waals surface area contributed by atoms with E-state index in [1.165, 1.54) is 6.33 Å². The number of nitrogens with zero attached hydrogens (tertiary/aromatic N) is 2. The van der Waals surface area contributed by atoms with E-state index in [9.17, 15) is 0 Å².